The predicted molar refractivity (Wildman–Crippen MR) is 80.5 cm³/mol. The van der Waals surface area contributed by atoms with Crippen LogP contribution in [0.15, 0.2) is 39.7 Å². The number of halogens is 3. The largest absolute Gasteiger partial charge is 0.398 e. The maximum Gasteiger partial charge on any atom is 0.262 e. The zero-order valence-electron chi connectivity index (χ0n) is 10.8. The highest BCUT2D eigenvalue weighted by Gasteiger charge is 2.19. The summed E-state index contributed by atoms with van der Waals surface area (Å²) in [5, 5.41) is 0. The molecule has 0 aliphatic heterocycles. The molecule has 0 aromatic heterocycles. The maximum atomic E-state index is 13.7. The molecule has 2 aromatic rings. The number of hydrogen-bond donors (Lipinski definition) is 2. The lowest BCUT2D eigenvalue weighted by Crippen LogP contribution is -2.15. The molecule has 2 aromatic carbocycles. The van der Waals surface area contributed by atoms with E-state index in [-0.39, 0.29) is 21.8 Å². The van der Waals surface area contributed by atoms with Gasteiger partial charge >= 0.3 is 0 Å². The van der Waals surface area contributed by atoms with E-state index in [9.17, 15) is 17.2 Å². The van der Waals surface area contributed by atoms with E-state index in [2.05, 4.69) is 20.7 Å². The maximum absolute atomic E-state index is 13.7. The van der Waals surface area contributed by atoms with Crippen LogP contribution in [0.2, 0.25) is 0 Å². The van der Waals surface area contributed by atoms with Crippen LogP contribution >= 0.6 is 15.9 Å². The topological polar surface area (TPSA) is 72.2 Å². The van der Waals surface area contributed by atoms with E-state index in [1.165, 1.54) is 19.1 Å². The fourth-order valence-electron chi connectivity index (χ4n) is 1.61. The van der Waals surface area contributed by atoms with Gasteiger partial charge in [0.1, 0.15) is 11.6 Å². The van der Waals surface area contributed by atoms with Crippen molar-refractivity contribution in [2.24, 2.45) is 0 Å². The molecule has 0 aliphatic carbocycles. The standard InChI is InChI=1S/C13H11BrF2N2O2S/c1-7-10(15)5-9(6-12(7)17)21(19,20)18-13-3-2-8(14)4-11(13)16/h2-6,18H,17H2,1H3. The van der Waals surface area contributed by atoms with E-state index >= 15 is 0 Å². The van der Waals surface area contributed by atoms with Gasteiger partial charge in [0.05, 0.1) is 10.6 Å². The summed E-state index contributed by atoms with van der Waals surface area (Å²) < 4.78 is 54.1. The molecule has 0 spiro atoms. The van der Waals surface area contributed by atoms with Crippen LogP contribution in [0.5, 0.6) is 0 Å². The van der Waals surface area contributed by atoms with E-state index in [1.807, 2.05) is 0 Å². The second-order valence-electron chi connectivity index (χ2n) is 4.35. The summed E-state index contributed by atoms with van der Waals surface area (Å²) in [6, 6.07) is 5.81. The van der Waals surface area contributed by atoms with Gasteiger partial charge in [0.2, 0.25) is 0 Å². The first-order chi connectivity index (χ1) is 9.70. The molecule has 21 heavy (non-hydrogen) atoms. The number of nitrogen functional groups attached to an aromatic ring is 1. The number of nitrogens with two attached hydrogens (primary N) is 1. The van der Waals surface area contributed by atoms with Gasteiger partial charge in [-0.15, -0.1) is 0 Å². The molecule has 0 aliphatic rings. The van der Waals surface area contributed by atoms with E-state index in [1.54, 1.807) is 0 Å². The number of hydrogen-bond acceptors (Lipinski definition) is 3. The van der Waals surface area contributed by atoms with E-state index in [0.717, 1.165) is 18.2 Å². The molecule has 0 unspecified atom stereocenters. The van der Waals surface area contributed by atoms with Crippen molar-refractivity contribution in [1.82, 2.24) is 0 Å². The van der Waals surface area contributed by atoms with Crippen LogP contribution < -0.4 is 10.5 Å². The van der Waals surface area contributed by atoms with Crippen LogP contribution in [0.3, 0.4) is 0 Å². The third-order valence-corrected chi connectivity index (χ3v) is 4.68. The van der Waals surface area contributed by atoms with Gasteiger partial charge in [-0.2, -0.15) is 0 Å². The molecule has 112 valence electrons. The second-order valence-corrected chi connectivity index (χ2v) is 6.95. The Morgan fingerprint density at radius 2 is 1.81 bits per heavy atom. The SMILES string of the molecule is Cc1c(N)cc(S(=O)(=O)Nc2ccc(Br)cc2F)cc1F. The molecule has 0 bridgehead atoms. The minimum atomic E-state index is -4.14. The fourth-order valence-corrected chi connectivity index (χ4v) is 3.05. The first kappa shape index (κ1) is 15.7. The average molecular weight is 377 g/mol. The molecule has 2 rings (SSSR count). The monoisotopic (exact) mass is 376 g/mol. The van der Waals surface area contributed by atoms with Crippen LogP contribution in [0.1, 0.15) is 5.56 Å². The Hall–Kier alpha value is -1.67. The van der Waals surface area contributed by atoms with E-state index < -0.39 is 21.7 Å². The van der Waals surface area contributed by atoms with Crippen LogP contribution in [0.25, 0.3) is 0 Å². The molecular formula is C13H11BrF2N2O2S. The van der Waals surface area contributed by atoms with Crippen molar-refractivity contribution in [3.8, 4) is 0 Å². The van der Waals surface area contributed by atoms with Gasteiger partial charge < -0.3 is 5.73 Å². The van der Waals surface area contributed by atoms with Crippen LogP contribution in [0, 0.1) is 18.6 Å². The van der Waals surface area contributed by atoms with Gasteiger partial charge in [-0.05, 0) is 37.3 Å². The number of sulfonamides is 1. The number of anilines is 2. The summed E-state index contributed by atoms with van der Waals surface area (Å²) >= 11 is 3.06. The van der Waals surface area contributed by atoms with Crippen molar-refractivity contribution in [3.63, 3.8) is 0 Å². The van der Waals surface area contributed by atoms with Crippen LogP contribution in [-0.2, 0) is 10.0 Å². The Kier molecular flexibility index (Phi) is 4.20. The Labute approximate surface area is 129 Å². The van der Waals surface area contributed by atoms with Crippen LogP contribution in [0.4, 0.5) is 20.2 Å². The highest BCUT2D eigenvalue weighted by atomic mass is 79.9. The third kappa shape index (κ3) is 3.33. The molecule has 3 N–H and O–H groups in total. The van der Waals surface area contributed by atoms with E-state index in [0.29, 0.717) is 4.47 Å². The van der Waals surface area contributed by atoms with Gasteiger partial charge in [-0.1, -0.05) is 15.9 Å². The van der Waals surface area contributed by atoms with Crippen molar-refractivity contribution in [1.29, 1.82) is 0 Å². The van der Waals surface area contributed by atoms with Crippen molar-refractivity contribution < 1.29 is 17.2 Å². The van der Waals surface area contributed by atoms with Crippen molar-refractivity contribution in [2.75, 3.05) is 10.5 Å². The van der Waals surface area contributed by atoms with Gasteiger partial charge in [-0.25, -0.2) is 17.2 Å². The summed E-state index contributed by atoms with van der Waals surface area (Å²) in [5.74, 6) is -1.50. The normalized spacial score (nSPS) is 11.4. The zero-order valence-corrected chi connectivity index (χ0v) is 13.2. The highest BCUT2D eigenvalue weighted by molar-refractivity contribution is 9.10. The number of rotatable bonds is 3. The lowest BCUT2D eigenvalue weighted by molar-refractivity contribution is 0.592. The summed E-state index contributed by atoms with van der Waals surface area (Å²) in [6.07, 6.45) is 0. The second kappa shape index (κ2) is 5.61. The van der Waals surface area contributed by atoms with Crippen molar-refractivity contribution in [2.45, 2.75) is 11.8 Å². The number of nitrogens with one attached hydrogen (secondary N) is 1. The smallest absolute Gasteiger partial charge is 0.262 e. The molecule has 0 saturated carbocycles. The number of benzene rings is 2. The molecule has 0 fully saturated rings. The summed E-state index contributed by atoms with van der Waals surface area (Å²) in [7, 11) is -4.14. The molecule has 0 heterocycles. The highest BCUT2D eigenvalue weighted by Crippen LogP contribution is 2.25. The Bertz CT molecular complexity index is 787. The van der Waals surface area contributed by atoms with Crippen molar-refractivity contribution >= 4 is 37.3 Å². The van der Waals surface area contributed by atoms with Gasteiger partial charge in [0.25, 0.3) is 10.0 Å². The molecule has 0 amide bonds. The Morgan fingerprint density at radius 3 is 2.38 bits per heavy atom. The first-order valence-corrected chi connectivity index (χ1v) is 8.02. The summed E-state index contributed by atoms with van der Waals surface area (Å²) in [4.78, 5) is -0.370. The Balaban J connectivity index is 2.43. The lowest BCUT2D eigenvalue weighted by atomic mass is 10.2. The van der Waals surface area contributed by atoms with Gasteiger partial charge in [0, 0.05) is 15.7 Å². The van der Waals surface area contributed by atoms with Crippen molar-refractivity contribution in [3.05, 3.63) is 52.0 Å². The summed E-state index contributed by atoms with van der Waals surface area (Å²) in [6.45, 7) is 1.43. The zero-order chi connectivity index (χ0) is 15.8. The average Bonchev–Trinajstić information content (AvgIpc) is 2.38. The molecule has 8 heteroatoms. The Morgan fingerprint density at radius 1 is 1.14 bits per heavy atom. The van der Waals surface area contributed by atoms with Crippen LogP contribution in [-0.4, -0.2) is 8.42 Å². The minimum absolute atomic E-state index is 0.00616. The fraction of sp³-hybridized carbons (Fsp3) is 0.0769. The first-order valence-electron chi connectivity index (χ1n) is 5.74. The quantitative estimate of drug-likeness (QED) is 0.806. The summed E-state index contributed by atoms with van der Waals surface area (Å²) in [5.41, 5.74) is 5.47. The molecule has 4 nitrogen and oxygen atoms in total. The molecule has 0 radical (unpaired) electrons. The van der Waals surface area contributed by atoms with Gasteiger partial charge in [0.15, 0.2) is 0 Å². The predicted octanol–water partition coefficient (Wildman–Crippen LogP) is 3.42. The van der Waals surface area contributed by atoms with E-state index in [4.69, 9.17) is 5.73 Å². The lowest BCUT2D eigenvalue weighted by Gasteiger charge is -2.11. The molecule has 0 saturated heterocycles. The third-order valence-electron chi connectivity index (χ3n) is 2.84. The van der Waals surface area contributed by atoms with Gasteiger partial charge in [-0.3, -0.25) is 4.72 Å². The molecule has 0 atom stereocenters. The molecular weight excluding hydrogens is 366 g/mol. The minimum Gasteiger partial charge on any atom is -0.398 e.